The summed E-state index contributed by atoms with van der Waals surface area (Å²) in [6.07, 6.45) is 3.51. The van der Waals surface area contributed by atoms with Gasteiger partial charge in [-0.05, 0) is 30.7 Å². The molecule has 1 saturated heterocycles. The number of anilines is 2. The van der Waals surface area contributed by atoms with Gasteiger partial charge in [0.05, 0.1) is 0 Å². The number of benzene rings is 1. The van der Waals surface area contributed by atoms with E-state index < -0.39 is 23.6 Å². The molecular weight excluding hydrogens is 328 g/mol. The van der Waals surface area contributed by atoms with Crippen molar-refractivity contribution in [2.24, 2.45) is 0 Å². The second kappa shape index (κ2) is 6.04. The quantitative estimate of drug-likeness (QED) is 0.793. The molecular formula is C17H13F2N5O. The summed E-state index contributed by atoms with van der Waals surface area (Å²) in [6, 6.07) is 6.36. The molecule has 8 heteroatoms. The molecule has 2 aromatic heterocycles. The lowest BCUT2D eigenvalue weighted by molar-refractivity contribution is -0.117. The monoisotopic (exact) mass is 341 g/mol. The molecule has 1 unspecified atom stereocenters. The molecule has 4 rings (SSSR count). The van der Waals surface area contributed by atoms with E-state index in [0.29, 0.717) is 23.4 Å². The fraction of sp³-hybridized carbons (Fsp3) is 0.176. The molecule has 0 radical (unpaired) electrons. The Morgan fingerprint density at radius 3 is 2.64 bits per heavy atom. The minimum absolute atomic E-state index is 0.224. The van der Waals surface area contributed by atoms with Gasteiger partial charge in [-0.3, -0.25) is 9.78 Å². The lowest BCUT2D eigenvalue weighted by atomic mass is 10.2. The van der Waals surface area contributed by atoms with E-state index in [1.807, 2.05) is 0 Å². The molecule has 0 spiro atoms. The smallest absolute Gasteiger partial charge is 0.249 e. The fourth-order valence-electron chi connectivity index (χ4n) is 2.90. The van der Waals surface area contributed by atoms with E-state index in [-0.39, 0.29) is 12.2 Å². The van der Waals surface area contributed by atoms with Crippen LogP contribution in [0.2, 0.25) is 0 Å². The molecule has 1 atom stereocenters. The first kappa shape index (κ1) is 15.4. The zero-order valence-electron chi connectivity index (χ0n) is 13.0. The number of amides is 1. The molecule has 0 saturated carbocycles. The van der Waals surface area contributed by atoms with Crippen LogP contribution >= 0.6 is 0 Å². The number of pyridine rings is 1. The molecule has 0 aliphatic carbocycles. The molecule has 0 bridgehead atoms. The minimum Gasteiger partial charge on any atom is -0.358 e. The predicted molar refractivity (Wildman–Crippen MR) is 88.1 cm³/mol. The van der Waals surface area contributed by atoms with Crippen LogP contribution < -0.4 is 10.2 Å². The van der Waals surface area contributed by atoms with E-state index in [1.165, 1.54) is 12.3 Å². The lowest BCUT2D eigenvalue weighted by Crippen LogP contribution is -2.34. The molecule has 1 N–H and O–H groups in total. The number of rotatable bonds is 3. The normalized spacial score (nSPS) is 17.3. The maximum Gasteiger partial charge on any atom is 0.249 e. The van der Waals surface area contributed by atoms with E-state index in [4.69, 9.17) is 0 Å². The van der Waals surface area contributed by atoms with Crippen LogP contribution in [0.25, 0.3) is 11.2 Å². The average molecular weight is 341 g/mol. The number of nitrogens with zero attached hydrogens (tertiary/aromatic N) is 4. The Morgan fingerprint density at radius 2 is 1.84 bits per heavy atom. The Labute approximate surface area is 141 Å². The molecule has 1 amide bonds. The van der Waals surface area contributed by atoms with Gasteiger partial charge >= 0.3 is 0 Å². The summed E-state index contributed by atoms with van der Waals surface area (Å²) >= 11 is 0. The highest BCUT2D eigenvalue weighted by Gasteiger charge is 2.35. The molecule has 3 heterocycles. The summed E-state index contributed by atoms with van der Waals surface area (Å²) in [7, 11) is 0. The number of carbonyl (C=O) groups excluding carboxylic acids is 1. The molecule has 126 valence electrons. The van der Waals surface area contributed by atoms with Gasteiger partial charge in [-0.1, -0.05) is 6.07 Å². The standard InChI is InChI=1S/C17H13F2N5O/c18-10-2-1-3-11(19)15(10)24-9-6-13(17(24)25)22-14-5-4-12-16(23-14)21-8-7-20-12/h1-5,7-8,13H,6,9H2,(H,21,22,23). The van der Waals surface area contributed by atoms with Crippen LogP contribution in [0.15, 0.2) is 42.7 Å². The number of nitrogens with one attached hydrogen (secondary N) is 1. The number of hydrogen-bond donors (Lipinski definition) is 1. The van der Waals surface area contributed by atoms with E-state index in [0.717, 1.165) is 17.0 Å². The van der Waals surface area contributed by atoms with Crippen molar-refractivity contribution in [1.29, 1.82) is 0 Å². The summed E-state index contributed by atoms with van der Waals surface area (Å²) in [5, 5.41) is 3.01. The van der Waals surface area contributed by atoms with Crippen LogP contribution in [0.1, 0.15) is 6.42 Å². The summed E-state index contributed by atoms with van der Waals surface area (Å²) in [5.41, 5.74) is 0.782. The fourth-order valence-corrected chi connectivity index (χ4v) is 2.90. The van der Waals surface area contributed by atoms with Gasteiger partial charge in [-0.15, -0.1) is 0 Å². The summed E-state index contributed by atoms with van der Waals surface area (Å²) in [4.78, 5) is 26.2. The molecule has 1 aliphatic heterocycles. The second-order valence-electron chi connectivity index (χ2n) is 5.64. The largest absolute Gasteiger partial charge is 0.358 e. The first-order valence-corrected chi connectivity index (χ1v) is 7.73. The van der Waals surface area contributed by atoms with E-state index in [1.54, 1.807) is 18.3 Å². The topological polar surface area (TPSA) is 71.0 Å². The van der Waals surface area contributed by atoms with E-state index in [9.17, 15) is 13.6 Å². The average Bonchev–Trinajstić information content (AvgIpc) is 2.96. The molecule has 1 aromatic carbocycles. The maximum absolute atomic E-state index is 13.9. The summed E-state index contributed by atoms with van der Waals surface area (Å²) in [5.74, 6) is -1.45. The first-order chi connectivity index (χ1) is 12.1. The van der Waals surface area contributed by atoms with E-state index >= 15 is 0 Å². The second-order valence-corrected chi connectivity index (χ2v) is 5.64. The Kier molecular flexibility index (Phi) is 3.72. The van der Waals surface area contributed by atoms with Crippen molar-refractivity contribution in [3.8, 4) is 0 Å². The number of halogens is 2. The summed E-state index contributed by atoms with van der Waals surface area (Å²) in [6.45, 7) is 0.224. The number of aromatic nitrogens is 3. The Balaban J connectivity index is 1.57. The van der Waals surface area contributed by atoms with Crippen molar-refractivity contribution in [2.75, 3.05) is 16.8 Å². The maximum atomic E-state index is 13.9. The highest BCUT2D eigenvalue weighted by molar-refractivity contribution is 6.01. The highest BCUT2D eigenvalue weighted by Crippen LogP contribution is 2.28. The lowest BCUT2D eigenvalue weighted by Gasteiger charge is -2.18. The molecule has 3 aromatic rings. The summed E-state index contributed by atoms with van der Waals surface area (Å²) < 4.78 is 27.8. The van der Waals surface area contributed by atoms with E-state index in [2.05, 4.69) is 20.3 Å². The first-order valence-electron chi connectivity index (χ1n) is 7.73. The van der Waals surface area contributed by atoms with Crippen LogP contribution in [-0.4, -0.2) is 33.4 Å². The Hall–Kier alpha value is -3.16. The van der Waals surface area contributed by atoms with Crippen molar-refractivity contribution in [3.05, 3.63) is 54.4 Å². The van der Waals surface area contributed by atoms with Crippen molar-refractivity contribution >= 4 is 28.6 Å². The van der Waals surface area contributed by atoms with Crippen LogP contribution in [0, 0.1) is 11.6 Å². The van der Waals surface area contributed by atoms with Crippen LogP contribution in [0.3, 0.4) is 0 Å². The van der Waals surface area contributed by atoms with Gasteiger partial charge in [0.2, 0.25) is 5.91 Å². The zero-order chi connectivity index (χ0) is 17.4. The van der Waals surface area contributed by atoms with Gasteiger partial charge in [0, 0.05) is 18.9 Å². The van der Waals surface area contributed by atoms with Crippen molar-refractivity contribution in [1.82, 2.24) is 15.0 Å². The highest BCUT2D eigenvalue weighted by atomic mass is 19.1. The van der Waals surface area contributed by atoms with Gasteiger partial charge in [-0.25, -0.2) is 18.7 Å². The van der Waals surface area contributed by atoms with Gasteiger partial charge in [0.15, 0.2) is 5.65 Å². The Bertz CT molecular complexity index is 944. The SMILES string of the molecule is O=C1C(Nc2ccc3nccnc3n2)CCN1c1c(F)cccc1F. The molecule has 25 heavy (non-hydrogen) atoms. The molecule has 6 nitrogen and oxygen atoms in total. The number of para-hydroxylation sites is 1. The van der Waals surface area contributed by atoms with Crippen LogP contribution in [-0.2, 0) is 4.79 Å². The number of hydrogen-bond acceptors (Lipinski definition) is 5. The number of fused-ring (bicyclic) bond motifs is 1. The third-order valence-corrected chi connectivity index (χ3v) is 4.07. The molecule has 1 fully saturated rings. The van der Waals surface area contributed by atoms with Gasteiger partial charge in [0.25, 0.3) is 0 Å². The predicted octanol–water partition coefficient (Wildman–Crippen LogP) is 2.52. The van der Waals surface area contributed by atoms with Crippen molar-refractivity contribution in [2.45, 2.75) is 12.5 Å². The van der Waals surface area contributed by atoms with Gasteiger partial charge in [0.1, 0.15) is 34.7 Å². The van der Waals surface area contributed by atoms with Gasteiger partial charge in [-0.2, -0.15) is 0 Å². The van der Waals surface area contributed by atoms with Crippen LogP contribution in [0.5, 0.6) is 0 Å². The number of carbonyl (C=O) groups is 1. The van der Waals surface area contributed by atoms with Crippen LogP contribution in [0.4, 0.5) is 20.3 Å². The van der Waals surface area contributed by atoms with Crippen molar-refractivity contribution < 1.29 is 13.6 Å². The zero-order valence-corrected chi connectivity index (χ0v) is 13.0. The third-order valence-electron chi connectivity index (χ3n) is 4.07. The van der Waals surface area contributed by atoms with Gasteiger partial charge < -0.3 is 10.2 Å². The van der Waals surface area contributed by atoms with Crippen molar-refractivity contribution in [3.63, 3.8) is 0 Å². The minimum atomic E-state index is -0.756. The third kappa shape index (κ3) is 2.75. The Morgan fingerprint density at radius 1 is 1.08 bits per heavy atom. The molecule has 1 aliphatic rings.